The van der Waals surface area contributed by atoms with Crippen molar-refractivity contribution in [2.45, 2.75) is 4.90 Å². The van der Waals surface area contributed by atoms with Crippen LogP contribution in [0.15, 0.2) is 35.2 Å². The Morgan fingerprint density at radius 1 is 1.24 bits per heavy atom. The zero-order chi connectivity index (χ0) is 12.9. The molecule has 0 radical (unpaired) electrons. The van der Waals surface area contributed by atoms with E-state index < -0.39 is 26.6 Å². The van der Waals surface area contributed by atoms with E-state index in [1.165, 1.54) is 12.2 Å². The van der Waals surface area contributed by atoms with Crippen LogP contribution in [0.3, 0.4) is 0 Å². The first kappa shape index (κ1) is 13.8. The highest BCUT2D eigenvalue weighted by atomic mass is 32.2. The van der Waals surface area contributed by atoms with E-state index in [9.17, 15) is 17.2 Å². The quantitative estimate of drug-likeness (QED) is 0.769. The fourth-order valence-electron chi connectivity index (χ4n) is 1.15. The van der Waals surface area contributed by atoms with Gasteiger partial charge in [0.1, 0.15) is 11.6 Å². The van der Waals surface area contributed by atoms with Gasteiger partial charge in [-0.15, -0.1) is 0 Å². The molecule has 0 spiro atoms. The van der Waals surface area contributed by atoms with Crippen molar-refractivity contribution in [1.82, 2.24) is 4.72 Å². The van der Waals surface area contributed by atoms with E-state index in [0.29, 0.717) is 0 Å². The summed E-state index contributed by atoms with van der Waals surface area (Å²) >= 11 is 0. The number of hydrogen-bond donors (Lipinski definition) is 2. The molecule has 0 atom stereocenters. The van der Waals surface area contributed by atoms with Crippen LogP contribution in [0.4, 0.5) is 8.78 Å². The van der Waals surface area contributed by atoms with Crippen molar-refractivity contribution < 1.29 is 17.2 Å². The van der Waals surface area contributed by atoms with Crippen molar-refractivity contribution >= 4 is 10.0 Å². The lowest BCUT2D eigenvalue weighted by Gasteiger charge is -2.06. The lowest BCUT2D eigenvalue weighted by Crippen LogP contribution is -2.25. The molecule has 0 unspecified atom stereocenters. The molecule has 1 aromatic rings. The third-order valence-electron chi connectivity index (χ3n) is 1.88. The molecule has 94 valence electrons. The number of benzene rings is 1. The molecule has 0 saturated carbocycles. The maximum Gasteiger partial charge on any atom is 0.246 e. The third-order valence-corrected chi connectivity index (χ3v) is 3.36. The van der Waals surface area contributed by atoms with Gasteiger partial charge in [0.2, 0.25) is 10.0 Å². The molecular formula is C10H12F2N2O2S. The summed E-state index contributed by atoms with van der Waals surface area (Å²) in [6.45, 7) is 0.184. The molecule has 0 amide bonds. The molecule has 0 aliphatic rings. The van der Waals surface area contributed by atoms with Crippen LogP contribution in [0.1, 0.15) is 0 Å². The summed E-state index contributed by atoms with van der Waals surface area (Å²) in [5, 5.41) is 0. The summed E-state index contributed by atoms with van der Waals surface area (Å²) < 4.78 is 51.7. The average molecular weight is 262 g/mol. The van der Waals surface area contributed by atoms with Gasteiger partial charge in [0, 0.05) is 13.1 Å². The van der Waals surface area contributed by atoms with Crippen LogP contribution >= 0.6 is 0 Å². The van der Waals surface area contributed by atoms with E-state index >= 15 is 0 Å². The maximum atomic E-state index is 13.2. The third kappa shape index (κ3) is 3.58. The van der Waals surface area contributed by atoms with Crippen molar-refractivity contribution in [1.29, 1.82) is 0 Å². The van der Waals surface area contributed by atoms with Crippen LogP contribution in [0, 0.1) is 11.6 Å². The molecule has 17 heavy (non-hydrogen) atoms. The second kappa shape index (κ2) is 5.85. The molecule has 3 N–H and O–H groups in total. The number of hydrogen-bond acceptors (Lipinski definition) is 3. The first-order valence-corrected chi connectivity index (χ1v) is 6.26. The van der Waals surface area contributed by atoms with Gasteiger partial charge in [-0.3, -0.25) is 0 Å². The van der Waals surface area contributed by atoms with E-state index in [-0.39, 0.29) is 13.1 Å². The highest BCUT2D eigenvalue weighted by Gasteiger charge is 2.22. The molecule has 1 rings (SSSR count). The molecule has 7 heteroatoms. The lowest BCUT2D eigenvalue weighted by atomic mass is 10.3. The number of nitrogens with one attached hydrogen (secondary N) is 1. The number of nitrogens with two attached hydrogens (primary N) is 1. The number of rotatable bonds is 5. The van der Waals surface area contributed by atoms with Crippen molar-refractivity contribution in [2.24, 2.45) is 5.73 Å². The summed E-state index contributed by atoms with van der Waals surface area (Å²) in [6, 6.07) is 2.86. The Morgan fingerprint density at radius 3 is 2.35 bits per heavy atom. The van der Waals surface area contributed by atoms with E-state index in [1.807, 2.05) is 4.72 Å². The van der Waals surface area contributed by atoms with Crippen LogP contribution in [0.5, 0.6) is 0 Å². The summed E-state index contributed by atoms with van der Waals surface area (Å²) in [7, 11) is -4.19. The molecule has 0 heterocycles. The van der Waals surface area contributed by atoms with E-state index in [4.69, 9.17) is 5.73 Å². The Kier molecular flexibility index (Phi) is 4.73. The van der Waals surface area contributed by atoms with Crippen molar-refractivity contribution in [2.75, 3.05) is 13.1 Å². The van der Waals surface area contributed by atoms with Gasteiger partial charge in [-0.05, 0) is 12.1 Å². The number of halogens is 2. The Balaban J connectivity index is 2.94. The summed E-state index contributed by atoms with van der Waals surface area (Å²) in [4.78, 5) is -0.971. The summed E-state index contributed by atoms with van der Waals surface area (Å²) in [5.41, 5.74) is 5.15. The van der Waals surface area contributed by atoms with Gasteiger partial charge >= 0.3 is 0 Å². The Hall–Kier alpha value is -1.31. The Morgan fingerprint density at radius 2 is 1.82 bits per heavy atom. The largest absolute Gasteiger partial charge is 0.327 e. The zero-order valence-corrected chi connectivity index (χ0v) is 9.68. The second-order valence-corrected chi connectivity index (χ2v) is 4.81. The van der Waals surface area contributed by atoms with Crippen LogP contribution < -0.4 is 10.5 Å². The van der Waals surface area contributed by atoms with Gasteiger partial charge in [0.05, 0.1) is 0 Å². The minimum atomic E-state index is -4.19. The molecule has 0 bridgehead atoms. The topological polar surface area (TPSA) is 72.2 Å². The fourth-order valence-corrected chi connectivity index (χ4v) is 2.26. The minimum absolute atomic E-state index is 0.0761. The summed E-state index contributed by atoms with van der Waals surface area (Å²) in [6.07, 6.45) is 2.98. The summed E-state index contributed by atoms with van der Waals surface area (Å²) in [5.74, 6) is -2.25. The maximum absolute atomic E-state index is 13.2. The predicted molar refractivity (Wildman–Crippen MR) is 59.7 cm³/mol. The van der Waals surface area contributed by atoms with Gasteiger partial charge in [0.15, 0.2) is 4.90 Å². The van der Waals surface area contributed by atoms with E-state index in [0.717, 1.165) is 18.2 Å². The molecule has 0 aromatic heterocycles. The lowest BCUT2D eigenvalue weighted by molar-refractivity contribution is 0.515. The van der Waals surface area contributed by atoms with Crippen molar-refractivity contribution in [3.8, 4) is 0 Å². The van der Waals surface area contributed by atoms with Crippen LogP contribution in [-0.4, -0.2) is 21.5 Å². The molecule has 1 aromatic carbocycles. The zero-order valence-electron chi connectivity index (χ0n) is 8.86. The molecule has 0 fully saturated rings. The van der Waals surface area contributed by atoms with Gasteiger partial charge in [-0.25, -0.2) is 21.9 Å². The highest BCUT2D eigenvalue weighted by Crippen LogP contribution is 2.17. The molecule has 4 nitrogen and oxygen atoms in total. The first-order chi connectivity index (χ1) is 7.99. The van der Waals surface area contributed by atoms with Crippen molar-refractivity contribution in [3.05, 3.63) is 42.0 Å². The smallest absolute Gasteiger partial charge is 0.246 e. The van der Waals surface area contributed by atoms with Gasteiger partial charge in [-0.2, -0.15) is 0 Å². The fraction of sp³-hybridized carbons (Fsp3) is 0.200. The molecule has 0 aliphatic heterocycles. The standard InChI is InChI=1S/C10H12F2N2O2S/c11-8-4-3-5-9(12)10(8)17(15,16)14-7-2-1-6-13/h1-5,14H,6-7,13H2/b2-1+. The van der Waals surface area contributed by atoms with E-state index in [1.54, 1.807) is 0 Å². The van der Waals surface area contributed by atoms with Gasteiger partial charge in [-0.1, -0.05) is 18.2 Å². The van der Waals surface area contributed by atoms with Crippen LogP contribution in [0.2, 0.25) is 0 Å². The van der Waals surface area contributed by atoms with E-state index in [2.05, 4.69) is 0 Å². The predicted octanol–water partition coefficient (Wildman–Crippen LogP) is 0.758. The molecule has 0 saturated heterocycles. The van der Waals surface area contributed by atoms with Gasteiger partial charge < -0.3 is 5.73 Å². The second-order valence-electron chi connectivity index (χ2n) is 3.11. The Bertz CT molecular complexity index is 495. The highest BCUT2D eigenvalue weighted by molar-refractivity contribution is 7.89. The Labute approximate surface area is 98.2 Å². The van der Waals surface area contributed by atoms with Crippen molar-refractivity contribution in [3.63, 3.8) is 0 Å². The SMILES string of the molecule is NC/C=C/CNS(=O)(=O)c1c(F)cccc1F. The minimum Gasteiger partial charge on any atom is -0.327 e. The number of sulfonamides is 1. The van der Waals surface area contributed by atoms with Gasteiger partial charge in [0.25, 0.3) is 0 Å². The first-order valence-electron chi connectivity index (χ1n) is 4.78. The van der Waals surface area contributed by atoms with Crippen LogP contribution in [0.25, 0.3) is 0 Å². The van der Waals surface area contributed by atoms with Crippen LogP contribution in [-0.2, 0) is 10.0 Å². The molecular weight excluding hydrogens is 250 g/mol. The monoisotopic (exact) mass is 262 g/mol. The normalized spacial score (nSPS) is 12.2. The average Bonchev–Trinajstić information content (AvgIpc) is 2.24. The molecule has 0 aliphatic carbocycles.